The third-order valence-corrected chi connectivity index (χ3v) is 5.66. The van der Waals surface area contributed by atoms with Gasteiger partial charge in [0.2, 0.25) is 0 Å². The standard InChI is InChI=1S/C20H16F2N2OS2/c1-4-9-24-18-16(22)10-14(21)11-17(18)27-20(24)23-19(25)13-5-7-15(8-6-13)26-12(2)3/h1,5-8,10-12H,9H2,2-3H3. The number of carbonyl (C=O) groups excluding carboxylic acids is 1. The SMILES string of the molecule is C#CCn1c(=NC(=O)c2ccc(SC(C)C)cc2)sc2cc(F)cc(F)c21. The van der Waals surface area contributed by atoms with Crippen LogP contribution in [-0.2, 0) is 6.54 Å². The highest BCUT2D eigenvalue weighted by atomic mass is 32.2. The molecular weight excluding hydrogens is 386 g/mol. The van der Waals surface area contributed by atoms with Crippen molar-refractivity contribution in [3.8, 4) is 12.3 Å². The Morgan fingerprint density at radius 3 is 2.63 bits per heavy atom. The number of amides is 1. The van der Waals surface area contributed by atoms with Crippen molar-refractivity contribution in [1.29, 1.82) is 0 Å². The Hall–Kier alpha value is -2.43. The molecule has 0 saturated carbocycles. The normalized spacial score (nSPS) is 11.9. The largest absolute Gasteiger partial charge is 0.302 e. The van der Waals surface area contributed by atoms with E-state index in [0.717, 1.165) is 22.3 Å². The van der Waals surface area contributed by atoms with E-state index in [9.17, 15) is 13.6 Å². The lowest BCUT2D eigenvalue weighted by Gasteiger charge is -2.04. The highest BCUT2D eigenvalue weighted by Gasteiger charge is 2.14. The molecule has 138 valence electrons. The van der Waals surface area contributed by atoms with Gasteiger partial charge >= 0.3 is 0 Å². The van der Waals surface area contributed by atoms with Crippen LogP contribution in [-0.4, -0.2) is 15.7 Å². The molecule has 2 aromatic carbocycles. The van der Waals surface area contributed by atoms with E-state index in [-0.39, 0.29) is 16.9 Å². The first kappa shape index (κ1) is 19.3. The van der Waals surface area contributed by atoms with Crippen LogP contribution in [0.1, 0.15) is 24.2 Å². The van der Waals surface area contributed by atoms with Gasteiger partial charge in [-0.2, -0.15) is 4.99 Å². The number of rotatable bonds is 4. The highest BCUT2D eigenvalue weighted by Crippen LogP contribution is 2.24. The van der Waals surface area contributed by atoms with Crippen molar-refractivity contribution >= 4 is 39.2 Å². The zero-order valence-electron chi connectivity index (χ0n) is 14.7. The number of benzene rings is 2. The van der Waals surface area contributed by atoms with E-state index < -0.39 is 17.5 Å². The molecule has 0 spiro atoms. The Morgan fingerprint density at radius 2 is 2.00 bits per heavy atom. The zero-order chi connectivity index (χ0) is 19.6. The fourth-order valence-electron chi connectivity index (χ4n) is 2.55. The van der Waals surface area contributed by atoms with Crippen LogP contribution in [0.5, 0.6) is 0 Å². The number of hydrogen-bond acceptors (Lipinski definition) is 3. The molecule has 0 saturated heterocycles. The van der Waals surface area contributed by atoms with Gasteiger partial charge in [0.25, 0.3) is 5.91 Å². The molecule has 0 radical (unpaired) electrons. The van der Waals surface area contributed by atoms with Gasteiger partial charge in [0.1, 0.15) is 5.82 Å². The highest BCUT2D eigenvalue weighted by molar-refractivity contribution is 7.99. The number of fused-ring (bicyclic) bond motifs is 1. The lowest BCUT2D eigenvalue weighted by atomic mass is 10.2. The third-order valence-electron chi connectivity index (χ3n) is 3.61. The summed E-state index contributed by atoms with van der Waals surface area (Å²) < 4.78 is 29.5. The first-order valence-electron chi connectivity index (χ1n) is 8.16. The molecule has 0 aliphatic rings. The lowest BCUT2D eigenvalue weighted by Crippen LogP contribution is -2.17. The van der Waals surface area contributed by atoms with Crippen LogP contribution in [0.2, 0.25) is 0 Å². The summed E-state index contributed by atoms with van der Waals surface area (Å²) in [5.74, 6) is 0.529. The average molecular weight is 402 g/mol. The van der Waals surface area contributed by atoms with Crippen LogP contribution in [0.4, 0.5) is 8.78 Å². The van der Waals surface area contributed by atoms with E-state index in [4.69, 9.17) is 6.42 Å². The van der Waals surface area contributed by atoms with E-state index in [1.54, 1.807) is 23.9 Å². The minimum atomic E-state index is -0.736. The Balaban J connectivity index is 2.04. The second-order valence-corrected chi connectivity index (χ2v) is 8.68. The molecule has 0 unspecified atom stereocenters. The van der Waals surface area contributed by atoms with Gasteiger partial charge in [-0.1, -0.05) is 31.1 Å². The molecule has 1 heterocycles. The van der Waals surface area contributed by atoms with E-state index in [2.05, 4.69) is 24.8 Å². The molecule has 1 aromatic heterocycles. The van der Waals surface area contributed by atoms with Crippen LogP contribution < -0.4 is 4.80 Å². The molecule has 1 amide bonds. The smallest absolute Gasteiger partial charge is 0.279 e. The van der Waals surface area contributed by atoms with Gasteiger partial charge in [-0.3, -0.25) is 4.79 Å². The second-order valence-electron chi connectivity index (χ2n) is 6.02. The molecule has 27 heavy (non-hydrogen) atoms. The average Bonchev–Trinajstić information content (AvgIpc) is 2.92. The lowest BCUT2D eigenvalue weighted by molar-refractivity contribution is 0.0998. The number of carbonyl (C=O) groups is 1. The second kappa shape index (κ2) is 8.07. The summed E-state index contributed by atoms with van der Waals surface area (Å²) in [6, 6.07) is 9.13. The molecule has 0 atom stereocenters. The van der Waals surface area contributed by atoms with E-state index in [1.165, 1.54) is 10.6 Å². The van der Waals surface area contributed by atoms with E-state index >= 15 is 0 Å². The Morgan fingerprint density at radius 1 is 1.30 bits per heavy atom. The van der Waals surface area contributed by atoms with Gasteiger partial charge in [-0.05, 0) is 30.3 Å². The van der Waals surface area contributed by atoms with Crippen LogP contribution in [0.15, 0.2) is 46.3 Å². The predicted octanol–water partition coefficient (Wildman–Crippen LogP) is 4.86. The summed E-state index contributed by atoms with van der Waals surface area (Å²) >= 11 is 2.72. The first-order valence-corrected chi connectivity index (χ1v) is 9.86. The maximum absolute atomic E-state index is 14.2. The molecule has 0 aliphatic carbocycles. The van der Waals surface area contributed by atoms with Crippen molar-refractivity contribution in [2.75, 3.05) is 0 Å². The Labute approximate surface area is 163 Å². The summed E-state index contributed by atoms with van der Waals surface area (Å²) in [4.78, 5) is 17.9. The monoisotopic (exact) mass is 402 g/mol. The van der Waals surface area contributed by atoms with Gasteiger partial charge in [0.05, 0.1) is 16.8 Å². The maximum atomic E-state index is 14.2. The van der Waals surface area contributed by atoms with Gasteiger partial charge < -0.3 is 4.57 Å². The molecule has 0 aliphatic heterocycles. The van der Waals surface area contributed by atoms with E-state index in [0.29, 0.717) is 15.5 Å². The fraction of sp³-hybridized carbons (Fsp3) is 0.200. The van der Waals surface area contributed by atoms with Crippen molar-refractivity contribution in [3.63, 3.8) is 0 Å². The molecule has 0 bridgehead atoms. The quantitative estimate of drug-likeness (QED) is 0.462. The molecular formula is C20H16F2N2OS2. The van der Waals surface area contributed by atoms with Gasteiger partial charge in [-0.15, -0.1) is 18.2 Å². The summed E-state index contributed by atoms with van der Waals surface area (Å²) in [5.41, 5.74) is 0.564. The minimum absolute atomic E-state index is 0.0264. The predicted molar refractivity (Wildman–Crippen MR) is 106 cm³/mol. The molecule has 7 heteroatoms. The van der Waals surface area contributed by atoms with E-state index in [1.807, 2.05) is 12.1 Å². The number of hydrogen-bond donors (Lipinski definition) is 0. The van der Waals surface area contributed by atoms with Crippen molar-refractivity contribution in [2.45, 2.75) is 30.5 Å². The Kier molecular flexibility index (Phi) is 5.78. The third kappa shape index (κ3) is 4.29. The van der Waals surface area contributed by atoms with Gasteiger partial charge in [0, 0.05) is 21.8 Å². The number of thiazole rings is 1. The summed E-state index contributed by atoms with van der Waals surface area (Å²) in [6.07, 6.45) is 5.37. The van der Waals surface area contributed by atoms with Crippen molar-refractivity contribution < 1.29 is 13.6 Å². The van der Waals surface area contributed by atoms with Crippen LogP contribution in [0, 0.1) is 24.0 Å². The molecule has 3 aromatic rings. The van der Waals surface area contributed by atoms with Crippen molar-refractivity contribution in [3.05, 3.63) is 58.4 Å². The molecule has 3 nitrogen and oxygen atoms in total. The Bertz CT molecular complexity index is 1110. The molecule has 0 fully saturated rings. The van der Waals surface area contributed by atoms with Gasteiger partial charge in [0.15, 0.2) is 10.6 Å². The maximum Gasteiger partial charge on any atom is 0.279 e. The minimum Gasteiger partial charge on any atom is -0.302 e. The van der Waals surface area contributed by atoms with Crippen molar-refractivity contribution in [1.82, 2.24) is 4.57 Å². The number of thioether (sulfide) groups is 1. The number of aromatic nitrogens is 1. The van der Waals surface area contributed by atoms with Crippen LogP contribution in [0.3, 0.4) is 0 Å². The topological polar surface area (TPSA) is 34.4 Å². The van der Waals surface area contributed by atoms with Crippen molar-refractivity contribution in [2.24, 2.45) is 4.99 Å². The number of terminal acetylenes is 1. The van der Waals surface area contributed by atoms with Crippen LogP contribution in [0.25, 0.3) is 10.2 Å². The van der Waals surface area contributed by atoms with Crippen LogP contribution >= 0.6 is 23.1 Å². The molecule has 0 N–H and O–H groups in total. The number of halogens is 2. The first-order chi connectivity index (χ1) is 12.9. The summed E-state index contributed by atoms with van der Waals surface area (Å²) in [6.45, 7) is 4.21. The number of nitrogens with zero attached hydrogens (tertiary/aromatic N) is 2. The zero-order valence-corrected chi connectivity index (χ0v) is 16.3. The fourth-order valence-corrected chi connectivity index (χ4v) is 4.46. The van der Waals surface area contributed by atoms with Gasteiger partial charge in [-0.25, -0.2) is 8.78 Å². The summed E-state index contributed by atoms with van der Waals surface area (Å²) in [5, 5.41) is 0.438. The molecule has 3 rings (SSSR count). The summed E-state index contributed by atoms with van der Waals surface area (Å²) in [7, 11) is 0.